The molecule has 1 aromatic rings. The van der Waals surface area contributed by atoms with Crippen LogP contribution in [-0.4, -0.2) is 43.3 Å². The third-order valence-corrected chi connectivity index (χ3v) is 5.44. The predicted octanol–water partition coefficient (Wildman–Crippen LogP) is 0.485. The van der Waals surface area contributed by atoms with E-state index >= 15 is 0 Å². The van der Waals surface area contributed by atoms with Crippen molar-refractivity contribution in [3.63, 3.8) is 0 Å². The fourth-order valence-corrected chi connectivity index (χ4v) is 4.03. The van der Waals surface area contributed by atoms with Gasteiger partial charge in [-0.15, -0.1) is 0 Å². The van der Waals surface area contributed by atoms with Crippen molar-refractivity contribution in [2.75, 3.05) is 19.6 Å². The normalized spacial score (nSPS) is 17.1. The maximum Gasteiger partial charge on any atom is 0.243 e. The fraction of sp³-hybridized carbons (Fsp3) is 0.333. The van der Waals surface area contributed by atoms with Crippen LogP contribution in [-0.2, 0) is 14.8 Å². The molecule has 0 bridgehead atoms. The van der Waals surface area contributed by atoms with E-state index in [9.17, 15) is 13.2 Å². The summed E-state index contributed by atoms with van der Waals surface area (Å²) in [4.78, 5) is 11.6. The highest BCUT2D eigenvalue weighted by atomic mass is 35.5. The summed E-state index contributed by atoms with van der Waals surface area (Å²) in [6.07, 6.45) is 0.559. The summed E-state index contributed by atoms with van der Waals surface area (Å²) in [6, 6.07) is 4.15. The Morgan fingerprint density at radius 1 is 1.43 bits per heavy atom. The highest BCUT2D eigenvalue weighted by Gasteiger charge is 2.28. The Morgan fingerprint density at radius 3 is 2.76 bits per heavy atom. The predicted molar refractivity (Wildman–Crippen MR) is 83.7 cm³/mol. The topological polar surface area (TPSA) is 92.5 Å². The number of nitrogens with two attached hydrogens (primary N) is 1. The molecule has 1 fully saturated rings. The molecule has 1 amide bonds. The van der Waals surface area contributed by atoms with Crippen molar-refractivity contribution >= 4 is 44.7 Å². The van der Waals surface area contributed by atoms with Crippen molar-refractivity contribution in [3.8, 4) is 0 Å². The van der Waals surface area contributed by atoms with Crippen LogP contribution in [0.15, 0.2) is 23.1 Å². The summed E-state index contributed by atoms with van der Waals surface area (Å²) in [7, 11) is -3.78. The lowest BCUT2D eigenvalue weighted by atomic mass is 10.2. The number of amides is 1. The van der Waals surface area contributed by atoms with Crippen molar-refractivity contribution in [2.24, 2.45) is 5.73 Å². The van der Waals surface area contributed by atoms with E-state index in [-0.39, 0.29) is 33.9 Å². The van der Waals surface area contributed by atoms with Crippen LogP contribution in [0.3, 0.4) is 0 Å². The second-order valence-electron chi connectivity index (χ2n) is 4.55. The molecular weight excluding hydrogens is 334 g/mol. The van der Waals surface area contributed by atoms with Gasteiger partial charge < -0.3 is 11.1 Å². The molecule has 0 aliphatic carbocycles. The number of nitrogens with one attached hydrogen (secondary N) is 1. The van der Waals surface area contributed by atoms with Crippen LogP contribution in [0.2, 0.25) is 5.02 Å². The zero-order valence-electron chi connectivity index (χ0n) is 11.0. The average molecular weight is 348 g/mol. The van der Waals surface area contributed by atoms with Crippen LogP contribution in [0.4, 0.5) is 0 Å². The number of rotatable bonds is 3. The Kier molecular flexibility index (Phi) is 4.82. The molecule has 0 aromatic heterocycles. The van der Waals surface area contributed by atoms with E-state index in [2.05, 4.69) is 5.32 Å². The number of carbonyl (C=O) groups is 1. The van der Waals surface area contributed by atoms with Gasteiger partial charge >= 0.3 is 0 Å². The number of carbonyl (C=O) groups excluding carboxylic acids is 1. The molecule has 0 unspecified atom stereocenters. The standard InChI is InChI=1S/C12H14ClN3O3S2/c13-10-6-8(2-3-9(10)12(14)20)21(18,19)16-5-1-4-15-11(17)7-16/h2-3,6H,1,4-5,7H2,(H2,14,20)(H,15,17). The third kappa shape index (κ3) is 3.52. The van der Waals surface area contributed by atoms with Crippen LogP contribution in [0.5, 0.6) is 0 Å². The fourth-order valence-electron chi connectivity index (χ4n) is 1.99. The van der Waals surface area contributed by atoms with Crippen molar-refractivity contribution in [1.29, 1.82) is 0 Å². The van der Waals surface area contributed by atoms with Crippen LogP contribution >= 0.6 is 23.8 Å². The minimum atomic E-state index is -3.78. The molecule has 1 aliphatic rings. The number of sulfonamides is 1. The third-order valence-electron chi connectivity index (χ3n) is 3.07. The quantitative estimate of drug-likeness (QED) is 0.776. The van der Waals surface area contributed by atoms with Crippen LogP contribution in [0, 0.1) is 0 Å². The van der Waals surface area contributed by atoms with Crippen LogP contribution < -0.4 is 11.1 Å². The van der Waals surface area contributed by atoms with Gasteiger partial charge in [0, 0.05) is 18.7 Å². The molecule has 0 atom stereocenters. The summed E-state index contributed by atoms with van der Waals surface area (Å²) in [5.74, 6) is -0.318. The van der Waals surface area contributed by atoms with Crippen molar-refractivity contribution in [1.82, 2.24) is 9.62 Å². The summed E-state index contributed by atoms with van der Waals surface area (Å²) in [5, 5.41) is 2.80. The molecule has 0 saturated carbocycles. The number of hydrogen-bond donors (Lipinski definition) is 2. The van der Waals surface area contributed by atoms with E-state index in [4.69, 9.17) is 29.6 Å². The summed E-state index contributed by atoms with van der Waals surface area (Å²) < 4.78 is 26.2. The first-order valence-corrected chi connectivity index (χ1v) is 8.41. The zero-order valence-corrected chi connectivity index (χ0v) is 13.4. The SMILES string of the molecule is NC(=S)c1ccc(S(=O)(=O)N2CCCNC(=O)C2)cc1Cl. The Balaban J connectivity index is 2.37. The summed E-state index contributed by atoms with van der Waals surface area (Å²) in [6.45, 7) is 0.540. The minimum absolute atomic E-state index is 0.0159. The molecule has 21 heavy (non-hydrogen) atoms. The highest BCUT2D eigenvalue weighted by Crippen LogP contribution is 2.23. The smallest absolute Gasteiger partial charge is 0.243 e. The Bertz CT molecular complexity index is 691. The van der Waals surface area contributed by atoms with Gasteiger partial charge in [0.2, 0.25) is 15.9 Å². The largest absolute Gasteiger partial charge is 0.389 e. The number of benzene rings is 1. The first-order valence-electron chi connectivity index (χ1n) is 6.18. The number of hydrogen-bond acceptors (Lipinski definition) is 4. The van der Waals surface area contributed by atoms with E-state index < -0.39 is 10.0 Å². The molecule has 1 saturated heterocycles. The maximum atomic E-state index is 12.5. The lowest BCUT2D eigenvalue weighted by Crippen LogP contribution is -2.37. The van der Waals surface area contributed by atoms with E-state index in [1.165, 1.54) is 18.2 Å². The van der Waals surface area contributed by atoms with Gasteiger partial charge in [0.25, 0.3) is 0 Å². The molecule has 6 nitrogen and oxygen atoms in total. The average Bonchev–Trinajstić information content (AvgIpc) is 2.63. The van der Waals surface area contributed by atoms with Gasteiger partial charge in [-0.25, -0.2) is 8.42 Å². The number of halogens is 1. The van der Waals surface area contributed by atoms with Gasteiger partial charge in [0.05, 0.1) is 16.5 Å². The number of thiocarbonyl (C=S) groups is 1. The zero-order chi connectivity index (χ0) is 15.6. The second kappa shape index (κ2) is 6.27. The maximum absolute atomic E-state index is 12.5. The van der Waals surface area contributed by atoms with E-state index in [0.29, 0.717) is 18.5 Å². The first kappa shape index (κ1) is 16.2. The van der Waals surface area contributed by atoms with E-state index in [1.807, 2.05) is 0 Å². The van der Waals surface area contributed by atoms with Gasteiger partial charge in [-0.2, -0.15) is 4.31 Å². The van der Waals surface area contributed by atoms with Gasteiger partial charge in [-0.3, -0.25) is 4.79 Å². The Morgan fingerprint density at radius 2 is 2.14 bits per heavy atom. The molecule has 3 N–H and O–H groups in total. The van der Waals surface area contributed by atoms with E-state index in [1.54, 1.807) is 0 Å². The summed E-state index contributed by atoms with van der Waals surface area (Å²) >= 11 is 10.8. The molecule has 114 valence electrons. The molecule has 0 spiro atoms. The lowest BCUT2D eigenvalue weighted by molar-refractivity contribution is -0.120. The first-order chi connectivity index (χ1) is 9.82. The van der Waals surface area contributed by atoms with E-state index in [0.717, 1.165) is 4.31 Å². The molecule has 9 heteroatoms. The van der Waals surface area contributed by atoms with Gasteiger partial charge in [0.15, 0.2) is 0 Å². The summed E-state index contributed by atoms with van der Waals surface area (Å²) in [5.41, 5.74) is 5.91. The molecule has 1 aliphatic heterocycles. The van der Waals surface area contributed by atoms with Crippen molar-refractivity contribution in [3.05, 3.63) is 28.8 Å². The highest BCUT2D eigenvalue weighted by molar-refractivity contribution is 7.89. The van der Waals surface area contributed by atoms with Crippen molar-refractivity contribution < 1.29 is 13.2 Å². The van der Waals surface area contributed by atoms with Crippen LogP contribution in [0.1, 0.15) is 12.0 Å². The second-order valence-corrected chi connectivity index (χ2v) is 7.33. The van der Waals surface area contributed by atoms with Gasteiger partial charge in [0.1, 0.15) is 4.99 Å². The lowest BCUT2D eigenvalue weighted by Gasteiger charge is -2.19. The van der Waals surface area contributed by atoms with Gasteiger partial charge in [-0.1, -0.05) is 23.8 Å². The monoisotopic (exact) mass is 347 g/mol. The molecule has 2 rings (SSSR count). The Hall–Kier alpha value is -1.22. The molecule has 1 heterocycles. The Labute approximate surface area is 133 Å². The van der Waals surface area contributed by atoms with Crippen molar-refractivity contribution in [2.45, 2.75) is 11.3 Å². The number of nitrogens with zero attached hydrogens (tertiary/aromatic N) is 1. The molecule has 0 radical (unpaired) electrons. The van der Waals surface area contributed by atoms with Crippen LogP contribution in [0.25, 0.3) is 0 Å². The molecular formula is C12H14ClN3O3S2. The molecule has 1 aromatic carbocycles. The van der Waals surface area contributed by atoms with Gasteiger partial charge in [-0.05, 0) is 24.6 Å². The minimum Gasteiger partial charge on any atom is -0.389 e.